The van der Waals surface area contributed by atoms with Crippen molar-refractivity contribution in [1.29, 1.82) is 0 Å². The molecule has 0 spiro atoms. The van der Waals surface area contributed by atoms with Gasteiger partial charge >= 0.3 is 0 Å². The minimum absolute atomic E-state index is 0.0778. The Morgan fingerprint density at radius 1 is 1.18 bits per heavy atom. The molecule has 0 radical (unpaired) electrons. The first kappa shape index (κ1) is 11.7. The van der Waals surface area contributed by atoms with Crippen LogP contribution in [-0.2, 0) is 0 Å². The van der Waals surface area contributed by atoms with Crippen LogP contribution in [0.1, 0.15) is 0 Å². The molecule has 2 rings (SSSR count). The maximum atomic E-state index is 10.6. The molecule has 1 aromatic carbocycles. The zero-order valence-corrected chi connectivity index (χ0v) is 9.68. The fourth-order valence-corrected chi connectivity index (χ4v) is 1.72. The van der Waals surface area contributed by atoms with E-state index in [1.165, 1.54) is 24.6 Å². The molecule has 17 heavy (non-hydrogen) atoms. The standard InChI is InChI=1S/C9H4Cl2N4O2/c10-6-3-5(15(16)17)4-7(11)8(6)14-9-12-1-2-13-9/h1-4H. The van der Waals surface area contributed by atoms with Crippen molar-refractivity contribution in [2.75, 3.05) is 0 Å². The number of non-ortho nitro benzene ring substituents is 1. The maximum absolute atomic E-state index is 10.6. The van der Waals surface area contributed by atoms with Gasteiger partial charge in [-0.1, -0.05) is 23.2 Å². The average molecular weight is 271 g/mol. The summed E-state index contributed by atoms with van der Waals surface area (Å²) in [5, 5.41) is 10.7. The summed E-state index contributed by atoms with van der Waals surface area (Å²) in [7, 11) is 0. The van der Waals surface area contributed by atoms with E-state index in [0.29, 0.717) is 0 Å². The highest BCUT2D eigenvalue weighted by atomic mass is 35.5. The van der Waals surface area contributed by atoms with Crippen LogP contribution < -0.4 is 0 Å². The molecular weight excluding hydrogens is 267 g/mol. The Bertz CT molecular complexity index is 543. The summed E-state index contributed by atoms with van der Waals surface area (Å²) in [5.41, 5.74) is 0.0208. The van der Waals surface area contributed by atoms with Gasteiger partial charge in [0.2, 0.25) is 5.96 Å². The molecule has 0 atom stereocenters. The molecule has 8 heteroatoms. The molecule has 1 aromatic rings. The lowest BCUT2D eigenvalue weighted by molar-refractivity contribution is -0.384. The van der Waals surface area contributed by atoms with Crippen molar-refractivity contribution in [3.63, 3.8) is 0 Å². The zero-order chi connectivity index (χ0) is 12.4. The molecule has 1 aliphatic rings. The van der Waals surface area contributed by atoms with Gasteiger partial charge in [0, 0.05) is 24.6 Å². The molecule has 0 N–H and O–H groups in total. The molecule has 0 amide bonds. The van der Waals surface area contributed by atoms with Gasteiger partial charge in [0.15, 0.2) is 0 Å². The smallest absolute Gasteiger partial charge is 0.258 e. The summed E-state index contributed by atoms with van der Waals surface area (Å²) < 4.78 is 0. The second-order valence-electron chi connectivity index (χ2n) is 2.98. The van der Waals surface area contributed by atoms with Crippen molar-refractivity contribution in [1.82, 2.24) is 0 Å². The third kappa shape index (κ3) is 2.48. The van der Waals surface area contributed by atoms with E-state index in [9.17, 15) is 10.1 Å². The number of rotatable bonds is 2. The Morgan fingerprint density at radius 3 is 2.18 bits per heavy atom. The molecule has 0 fully saturated rings. The van der Waals surface area contributed by atoms with Gasteiger partial charge in [0.05, 0.1) is 15.0 Å². The molecule has 1 heterocycles. The van der Waals surface area contributed by atoms with Gasteiger partial charge in [-0.05, 0) is 0 Å². The third-order valence-electron chi connectivity index (χ3n) is 1.87. The SMILES string of the molecule is O=[N+]([O-])c1cc(Cl)c(N=C2N=CC=N2)c(Cl)c1. The van der Waals surface area contributed by atoms with Crippen molar-refractivity contribution in [3.8, 4) is 0 Å². The lowest BCUT2D eigenvalue weighted by atomic mass is 10.3. The number of guanidine groups is 1. The highest BCUT2D eigenvalue weighted by molar-refractivity contribution is 6.39. The van der Waals surface area contributed by atoms with E-state index < -0.39 is 4.92 Å². The minimum Gasteiger partial charge on any atom is -0.258 e. The molecule has 0 unspecified atom stereocenters. The largest absolute Gasteiger partial charge is 0.272 e. The van der Waals surface area contributed by atoms with Gasteiger partial charge in [-0.15, -0.1) is 0 Å². The number of nitrogens with zero attached hydrogens (tertiary/aromatic N) is 4. The van der Waals surface area contributed by atoms with Gasteiger partial charge < -0.3 is 0 Å². The number of halogens is 2. The van der Waals surface area contributed by atoms with Crippen LogP contribution in [0, 0.1) is 10.1 Å². The first-order chi connectivity index (χ1) is 8.08. The lowest BCUT2D eigenvalue weighted by Gasteiger charge is -2.01. The average Bonchev–Trinajstić information content (AvgIpc) is 2.75. The van der Waals surface area contributed by atoms with Gasteiger partial charge in [-0.25, -0.2) is 15.0 Å². The van der Waals surface area contributed by atoms with Gasteiger partial charge in [-0.3, -0.25) is 10.1 Å². The molecule has 0 aromatic heterocycles. The van der Waals surface area contributed by atoms with Crippen LogP contribution in [0.3, 0.4) is 0 Å². The fraction of sp³-hybridized carbons (Fsp3) is 0. The van der Waals surface area contributed by atoms with Crippen molar-refractivity contribution < 1.29 is 4.92 Å². The quantitative estimate of drug-likeness (QED) is 0.611. The summed E-state index contributed by atoms with van der Waals surface area (Å²) in [6, 6.07) is 2.35. The van der Waals surface area contributed by atoms with E-state index in [1.807, 2.05) is 0 Å². The first-order valence-corrected chi connectivity index (χ1v) is 5.12. The number of hydrogen-bond acceptors (Lipinski definition) is 3. The Labute approximate surface area is 105 Å². The summed E-state index contributed by atoms with van der Waals surface area (Å²) in [6.07, 6.45) is 2.93. The Hall–Kier alpha value is -1.79. The minimum atomic E-state index is -0.583. The van der Waals surface area contributed by atoms with Crippen LogP contribution in [0.5, 0.6) is 0 Å². The van der Waals surface area contributed by atoms with Crippen molar-refractivity contribution in [2.24, 2.45) is 15.0 Å². The van der Waals surface area contributed by atoms with E-state index in [4.69, 9.17) is 23.2 Å². The summed E-state index contributed by atoms with van der Waals surface area (Å²) >= 11 is 11.7. The Kier molecular flexibility index (Phi) is 3.16. The van der Waals surface area contributed by atoms with E-state index in [1.54, 1.807) is 0 Å². The fourth-order valence-electron chi connectivity index (χ4n) is 1.16. The Morgan fingerprint density at radius 2 is 1.71 bits per heavy atom. The molecule has 6 nitrogen and oxygen atoms in total. The lowest BCUT2D eigenvalue weighted by Crippen LogP contribution is -1.89. The van der Waals surface area contributed by atoms with Gasteiger partial charge in [0.1, 0.15) is 5.69 Å². The highest BCUT2D eigenvalue weighted by Crippen LogP contribution is 2.37. The second-order valence-corrected chi connectivity index (χ2v) is 3.80. The number of nitro groups is 1. The predicted octanol–water partition coefficient (Wildman–Crippen LogP) is 3.04. The number of nitro benzene ring substituents is 1. The maximum Gasteiger partial charge on any atom is 0.272 e. The van der Waals surface area contributed by atoms with Crippen molar-refractivity contribution in [3.05, 3.63) is 32.3 Å². The summed E-state index contributed by atoms with van der Waals surface area (Å²) in [6.45, 7) is 0. The molecule has 0 aliphatic carbocycles. The van der Waals surface area contributed by atoms with Crippen LogP contribution in [-0.4, -0.2) is 23.3 Å². The number of aliphatic imine (C=N–C) groups is 3. The third-order valence-corrected chi connectivity index (χ3v) is 2.45. The van der Waals surface area contributed by atoms with Gasteiger partial charge in [0.25, 0.3) is 5.69 Å². The summed E-state index contributed by atoms with van der Waals surface area (Å²) in [5.74, 6) is 0.197. The zero-order valence-electron chi connectivity index (χ0n) is 8.17. The normalized spacial score (nSPS) is 13.2. The second kappa shape index (κ2) is 4.60. The predicted molar refractivity (Wildman–Crippen MR) is 67.2 cm³/mol. The molecule has 0 saturated heterocycles. The number of benzene rings is 1. The molecule has 86 valence electrons. The van der Waals surface area contributed by atoms with Crippen LogP contribution in [0.2, 0.25) is 10.0 Å². The van der Waals surface area contributed by atoms with Crippen LogP contribution in [0.25, 0.3) is 0 Å². The molecule has 0 saturated carbocycles. The van der Waals surface area contributed by atoms with E-state index in [-0.39, 0.29) is 27.4 Å². The monoisotopic (exact) mass is 270 g/mol. The van der Waals surface area contributed by atoms with Crippen molar-refractivity contribution >= 4 is 53.0 Å². The van der Waals surface area contributed by atoms with E-state index >= 15 is 0 Å². The number of hydrogen-bond donors (Lipinski definition) is 0. The van der Waals surface area contributed by atoms with Crippen LogP contribution in [0.4, 0.5) is 11.4 Å². The van der Waals surface area contributed by atoms with Crippen LogP contribution in [0.15, 0.2) is 27.1 Å². The molecule has 1 aliphatic heterocycles. The van der Waals surface area contributed by atoms with E-state index in [0.717, 1.165) is 0 Å². The Balaban J connectivity index is 2.49. The van der Waals surface area contributed by atoms with Crippen LogP contribution >= 0.6 is 23.2 Å². The van der Waals surface area contributed by atoms with Crippen molar-refractivity contribution in [2.45, 2.75) is 0 Å². The summed E-state index contributed by atoms with van der Waals surface area (Å²) in [4.78, 5) is 21.6. The first-order valence-electron chi connectivity index (χ1n) is 4.37. The topological polar surface area (TPSA) is 80.2 Å². The highest BCUT2D eigenvalue weighted by Gasteiger charge is 2.15. The molecular formula is C9H4Cl2N4O2. The van der Waals surface area contributed by atoms with Gasteiger partial charge in [-0.2, -0.15) is 0 Å². The van der Waals surface area contributed by atoms with E-state index in [2.05, 4.69) is 15.0 Å². The molecule has 0 bridgehead atoms.